The number of carbonyl (C=O) groups is 1. The summed E-state index contributed by atoms with van der Waals surface area (Å²) in [7, 11) is 0. The molecule has 1 aliphatic carbocycles. The molecule has 0 spiro atoms. The number of esters is 1. The lowest BCUT2D eigenvalue weighted by atomic mass is 9.82. The highest BCUT2D eigenvalue weighted by Gasteiger charge is 2.35. The van der Waals surface area contributed by atoms with Crippen LogP contribution < -0.4 is 16.0 Å². The molecule has 1 saturated heterocycles. The van der Waals surface area contributed by atoms with Crippen molar-refractivity contribution in [2.75, 3.05) is 37.0 Å². The number of nitriles is 1. The summed E-state index contributed by atoms with van der Waals surface area (Å²) in [4.78, 5) is 22.1. The van der Waals surface area contributed by atoms with E-state index in [1.54, 1.807) is 13.8 Å². The zero-order valence-electron chi connectivity index (χ0n) is 28.2. The van der Waals surface area contributed by atoms with Gasteiger partial charge in [-0.15, -0.1) is 0 Å². The predicted molar refractivity (Wildman–Crippen MR) is 177 cm³/mol. The number of ether oxygens (including phenoxy) is 3. The molecular weight excluding hydrogens is 568 g/mol. The molecule has 246 valence electrons. The number of nitrogens with zero attached hydrogens (tertiary/aromatic N) is 3. The fourth-order valence-corrected chi connectivity index (χ4v) is 5.77. The molecule has 2 aromatic rings. The van der Waals surface area contributed by atoms with Gasteiger partial charge in [-0.1, -0.05) is 6.07 Å². The Bertz CT molecular complexity index is 1320. The van der Waals surface area contributed by atoms with Gasteiger partial charge in [0.05, 0.1) is 23.8 Å². The molecule has 3 heterocycles. The number of hydrogen-bond donors (Lipinski definition) is 3. The predicted octanol–water partition coefficient (Wildman–Crippen LogP) is 6.02. The molecule has 10 heteroatoms. The van der Waals surface area contributed by atoms with E-state index in [2.05, 4.69) is 46.9 Å². The monoisotopic (exact) mass is 620 g/mol. The van der Waals surface area contributed by atoms with Crippen LogP contribution in [0.4, 0.5) is 11.6 Å². The lowest BCUT2D eigenvalue weighted by Crippen LogP contribution is -2.46. The van der Waals surface area contributed by atoms with Crippen LogP contribution in [0.15, 0.2) is 30.5 Å². The Hall–Kier alpha value is -3.26. The van der Waals surface area contributed by atoms with Gasteiger partial charge in [0.25, 0.3) is 0 Å². The number of aryl methyl sites for hydroxylation is 1. The maximum atomic E-state index is 12.5. The third kappa shape index (κ3) is 10.1. The summed E-state index contributed by atoms with van der Waals surface area (Å²) >= 11 is 0. The molecule has 1 aliphatic heterocycles. The van der Waals surface area contributed by atoms with Crippen molar-refractivity contribution < 1.29 is 19.0 Å². The average Bonchev–Trinajstić information content (AvgIpc) is 3.01. The molecule has 0 radical (unpaired) electrons. The number of pyridine rings is 2. The Morgan fingerprint density at radius 2 is 1.80 bits per heavy atom. The van der Waals surface area contributed by atoms with Gasteiger partial charge in [0, 0.05) is 49.6 Å². The first-order valence-electron chi connectivity index (χ1n) is 16.3. The van der Waals surface area contributed by atoms with Gasteiger partial charge < -0.3 is 30.2 Å². The molecule has 0 bridgehead atoms. The Morgan fingerprint density at radius 3 is 2.47 bits per heavy atom. The van der Waals surface area contributed by atoms with Gasteiger partial charge in [-0.3, -0.25) is 0 Å². The minimum Gasteiger partial charge on any atom is -0.458 e. The maximum Gasteiger partial charge on any atom is 0.338 e. The van der Waals surface area contributed by atoms with E-state index in [4.69, 9.17) is 19.2 Å². The van der Waals surface area contributed by atoms with Crippen LogP contribution in [0.3, 0.4) is 0 Å². The van der Waals surface area contributed by atoms with E-state index >= 15 is 0 Å². The van der Waals surface area contributed by atoms with Crippen LogP contribution >= 0.6 is 0 Å². The highest BCUT2D eigenvalue weighted by atomic mass is 16.6. The minimum atomic E-state index is -0.997. The molecular formula is C35H52N6O4. The van der Waals surface area contributed by atoms with Gasteiger partial charge >= 0.3 is 5.97 Å². The largest absolute Gasteiger partial charge is 0.458 e. The van der Waals surface area contributed by atoms with Crippen molar-refractivity contribution in [3.63, 3.8) is 0 Å². The van der Waals surface area contributed by atoms with Crippen LogP contribution in [0.25, 0.3) is 11.3 Å². The summed E-state index contributed by atoms with van der Waals surface area (Å²) in [6.45, 7) is 15.5. The number of carbonyl (C=O) groups excluding carboxylic acids is 1. The Morgan fingerprint density at radius 1 is 1.11 bits per heavy atom. The zero-order chi connectivity index (χ0) is 32.7. The van der Waals surface area contributed by atoms with Crippen LogP contribution in [0.1, 0.15) is 85.6 Å². The summed E-state index contributed by atoms with van der Waals surface area (Å²) in [5, 5.41) is 20.5. The van der Waals surface area contributed by atoms with Crippen molar-refractivity contribution >= 4 is 17.6 Å². The van der Waals surface area contributed by atoms with Crippen molar-refractivity contribution in [2.24, 2.45) is 5.41 Å². The number of anilines is 2. The SMILES string of the molecule is Cc1cnc(N[C@H]2CC[C@H](N[C@@H](C)COC(C)(C)C(=O)OC(C)(C)C)CC2)cc1-c1cccc(NCC2(C#N)CCOCC2)n1. The van der Waals surface area contributed by atoms with Gasteiger partial charge in [-0.2, -0.15) is 5.26 Å². The summed E-state index contributed by atoms with van der Waals surface area (Å²) in [5.74, 6) is 1.27. The number of aromatic nitrogens is 2. The number of rotatable bonds is 12. The lowest BCUT2D eigenvalue weighted by Gasteiger charge is -2.33. The second-order valence-corrected chi connectivity index (χ2v) is 14.2. The van der Waals surface area contributed by atoms with Crippen molar-refractivity contribution in [3.8, 4) is 17.3 Å². The van der Waals surface area contributed by atoms with Crippen LogP contribution in [-0.4, -0.2) is 71.6 Å². The first kappa shape index (κ1) is 34.6. The van der Waals surface area contributed by atoms with E-state index in [0.717, 1.165) is 67.0 Å². The molecule has 2 aromatic heterocycles. The third-order valence-corrected chi connectivity index (χ3v) is 8.61. The van der Waals surface area contributed by atoms with Gasteiger partial charge in [-0.25, -0.2) is 14.8 Å². The highest BCUT2D eigenvalue weighted by Crippen LogP contribution is 2.31. The molecule has 1 saturated carbocycles. The first-order chi connectivity index (χ1) is 21.3. The van der Waals surface area contributed by atoms with Crippen LogP contribution in [-0.2, 0) is 19.0 Å². The summed E-state index contributed by atoms with van der Waals surface area (Å²) in [5.41, 5.74) is 1.01. The summed E-state index contributed by atoms with van der Waals surface area (Å²) in [6, 6.07) is 11.4. The van der Waals surface area contributed by atoms with E-state index in [-0.39, 0.29) is 12.0 Å². The maximum absolute atomic E-state index is 12.5. The second-order valence-electron chi connectivity index (χ2n) is 14.2. The smallest absolute Gasteiger partial charge is 0.338 e. The van der Waals surface area contributed by atoms with Crippen molar-refractivity contribution in [3.05, 3.63) is 36.0 Å². The Balaban J connectivity index is 1.27. The molecule has 0 aromatic carbocycles. The molecule has 4 rings (SSSR count). The van der Waals surface area contributed by atoms with E-state index in [1.807, 2.05) is 45.2 Å². The van der Waals surface area contributed by atoms with Crippen LogP contribution in [0.5, 0.6) is 0 Å². The van der Waals surface area contributed by atoms with Crippen LogP contribution in [0.2, 0.25) is 0 Å². The first-order valence-corrected chi connectivity index (χ1v) is 16.3. The average molecular weight is 621 g/mol. The third-order valence-electron chi connectivity index (χ3n) is 8.61. The quantitative estimate of drug-likeness (QED) is 0.242. The van der Waals surface area contributed by atoms with Crippen LogP contribution in [0, 0.1) is 23.7 Å². The van der Waals surface area contributed by atoms with Gasteiger partial charge in [0.2, 0.25) is 0 Å². The molecule has 10 nitrogen and oxygen atoms in total. The van der Waals surface area contributed by atoms with Gasteiger partial charge in [0.1, 0.15) is 17.2 Å². The van der Waals surface area contributed by atoms with Gasteiger partial charge in [-0.05, 0) is 111 Å². The van der Waals surface area contributed by atoms with Gasteiger partial charge in [0.15, 0.2) is 5.60 Å². The molecule has 2 fully saturated rings. The van der Waals surface area contributed by atoms with E-state index < -0.39 is 16.6 Å². The standard InChI is InChI=1S/C35H52N6O4/c1-24-20-37-31(19-28(24)29-9-8-10-30(41-29)38-23-35(22-36)15-17-43-18-16-35)40-27-13-11-26(12-14-27)39-25(2)21-44-34(6,7)32(42)45-33(3,4)5/h8-10,19-20,25-27,39H,11-18,21,23H2,1-7H3,(H,37,40)(H,38,41)/t25-,26-,27-/m0/s1. The van der Waals surface area contributed by atoms with E-state index in [9.17, 15) is 10.1 Å². The Kier molecular flexibility index (Phi) is 11.5. The molecule has 2 aliphatic rings. The molecule has 1 atom stereocenters. The van der Waals surface area contributed by atoms with Crippen molar-refractivity contribution in [2.45, 2.75) is 116 Å². The Labute approximate surface area is 269 Å². The second kappa shape index (κ2) is 14.9. The molecule has 0 amide bonds. The fourth-order valence-electron chi connectivity index (χ4n) is 5.77. The number of hydrogen-bond acceptors (Lipinski definition) is 10. The van der Waals surface area contributed by atoms with Crippen molar-refractivity contribution in [1.29, 1.82) is 5.26 Å². The molecule has 3 N–H and O–H groups in total. The summed E-state index contributed by atoms with van der Waals surface area (Å²) in [6.07, 6.45) is 7.51. The summed E-state index contributed by atoms with van der Waals surface area (Å²) < 4.78 is 16.9. The fraction of sp³-hybridized carbons (Fsp3) is 0.657. The molecule has 0 unspecified atom stereocenters. The zero-order valence-corrected chi connectivity index (χ0v) is 28.2. The highest BCUT2D eigenvalue weighted by molar-refractivity contribution is 5.79. The number of nitrogens with one attached hydrogen (secondary N) is 3. The normalized spacial score (nSPS) is 20.9. The minimum absolute atomic E-state index is 0.113. The topological polar surface area (TPSA) is 130 Å². The van der Waals surface area contributed by atoms with E-state index in [0.29, 0.717) is 38.4 Å². The van der Waals surface area contributed by atoms with Crippen molar-refractivity contribution in [1.82, 2.24) is 15.3 Å². The van der Waals surface area contributed by atoms with E-state index in [1.165, 1.54) is 0 Å². The lowest BCUT2D eigenvalue weighted by molar-refractivity contribution is -0.180. The molecule has 45 heavy (non-hydrogen) atoms.